The highest BCUT2D eigenvalue weighted by molar-refractivity contribution is 7.13. The number of nitrogens with zero attached hydrogens (tertiary/aromatic N) is 1. The van der Waals surface area contributed by atoms with Crippen LogP contribution in [0.4, 0.5) is 0 Å². The number of carbonyl (C=O) groups excluding carboxylic acids is 1. The van der Waals surface area contributed by atoms with E-state index in [-0.39, 0.29) is 12.3 Å². The van der Waals surface area contributed by atoms with Gasteiger partial charge < -0.3 is 9.73 Å². The van der Waals surface area contributed by atoms with Gasteiger partial charge in [-0.1, -0.05) is 6.07 Å². The van der Waals surface area contributed by atoms with Crippen molar-refractivity contribution in [2.24, 2.45) is 0 Å². The van der Waals surface area contributed by atoms with Gasteiger partial charge in [-0.05, 0) is 18.4 Å². The smallest absolute Gasteiger partial charge is 0.236 e. The summed E-state index contributed by atoms with van der Waals surface area (Å²) in [6.07, 6.45) is 0.261. The number of carbonyl (C=O) groups is 1. The molecule has 16 heavy (non-hydrogen) atoms. The summed E-state index contributed by atoms with van der Waals surface area (Å²) in [7, 11) is 1.61. The molecule has 0 aromatic carbocycles. The molecule has 5 heteroatoms. The van der Waals surface area contributed by atoms with Crippen LogP contribution in [0.25, 0.3) is 10.8 Å². The van der Waals surface area contributed by atoms with Gasteiger partial charge in [-0.15, -0.1) is 11.3 Å². The van der Waals surface area contributed by atoms with E-state index in [0.717, 1.165) is 4.88 Å². The molecule has 1 N–H and O–H groups in total. The van der Waals surface area contributed by atoms with Crippen molar-refractivity contribution in [2.75, 3.05) is 7.05 Å². The zero-order valence-corrected chi connectivity index (χ0v) is 9.93. The number of aromatic nitrogens is 1. The predicted molar refractivity (Wildman–Crippen MR) is 62.3 cm³/mol. The zero-order valence-electron chi connectivity index (χ0n) is 9.11. The molecule has 2 aromatic heterocycles. The minimum atomic E-state index is -0.0610. The van der Waals surface area contributed by atoms with E-state index >= 15 is 0 Å². The van der Waals surface area contributed by atoms with Crippen molar-refractivity contribution >= 4 is 17.2 Å². The molecule has 0 radical (unpaired) electrons. The largest absolute Gasteiger partial charge is 0.440 e. The van der Waals surface area contributed by atoms with Gasteiger partial charge in [0, 0.05) is 7.05 Å². The van der Waals surface area contributed by atoms with Crippen molar-refractivity contribution in [2.45, 2.75) is 13.3 Å². The first-order valence-corrected chi connectivity index (χ1v) is 5.79. The first kappa shape index (κ1) is 10.9. The first-order valence-electron chi connectivity index (χ1n) is 4.91. The minimum Gasteiger partial charge on any atom is -0.440 e. The van der Waals surface area contributed by atoms with Gasteiger partial charge in [0.2, 0.25) is 11.8 Å². The standard InChI is InChI=1S/C11H12N2O2S/c1-7-8(6-10(14)12-2)13-11(15-7)9-4-3-5-16-9/h3-5H,6H2,1-2H3,(H,12,14). The fourth-order valence-corrected chi connectivity index (χ4v) is 1.99. The summed E-state index contributed by atoms with van der Waals surface area (Å²) in [6.45, 7) is 1.82. The zero-order chi connectivity index (χ0) is 11.5. The molecule has 2 aromatic rings. The maximum atomic E-state index is 11.2. The highest BCUT2D eigenvalue weighted by Gasteiger charge is 2.14. The Bertz CT molecular complexity index is 488. The van der Waals surface area contributed by atoms with Crippen molar-refractivity contribution in [3.05, 3.63) is 29.0 Å². The minimum absolute atomic E-state index is 0.0610. The van der Waals surface area contributed by atoms with Crippen LogP contribution in [0.5, 0.6) is 0 Å². The Labute approximate surface area is 97.3 Å². The van der Waals surface area contributed by atoms with E-state index in [1.165, 1.54) is 0 Å². The van der Waals surface area contributed by atoms with Gasteiger partial charge in [0.25, 0.3) is 0 Å². The molecule has 0 fully saturated rings. The number of thiophene rings is 1. The Morgan fingerprint density at radius 1 is 1.62 bits per heavy atom. The van der Waals surface area contributed by atoms with Crippen LogP contribution < -0.4 is 5.32 Å². The van der Waals surface area contributed by atoms with Gasteiger partial charge in [0.15, 0.2) is 0 Å². The van der Waals surface area contributed by atoms with Crippen LogP contribution in [0.15, 0.2) is 21.9 Å². The maximum absolute atomic E-state index is 11.2. The lowest BCUT2D eigenvalue weighted by Gasteiger charge is -1.95. The molecular formula is C11H12N2O2S. The van der Waals surface area contributed by atoms with Crippen LogP contribution in [0.1, 0.15) is 11.5 Å². The third-order valence-corrected chi connectivity index (χ3v) is 3.09. The molecule has 0 spiro atoms. The highest BCUT2D eigenvalue weighted by atomic mass is 32.1. The quantitative estimate of drug-likeness (QED) is 0.886. The summed E-state index contributed by atoms with van der Waals surface area (Å²) < 4.78 is 5.52. The number of aryl methyl sites for hydroxylation is 1. The Morgan fingerprint density at radius 2 is 2.44 bits per heavy atom. The molecule has 84 valence electrons. The van der Waals surface area contributed by atoms with E-state index in [0.29, 0.717) is 17.3 Å². The lowest BCUT2D eigenvalue weighted by molar-refractivity contribution is -0.120. The number of nitrogens with one attached hydrogen (secondary N) is 1. The van der Waals surface area contributed by atoms with E-state index in [9.17, 15) is 4.79 Å². The van der Waals surface area contributed by atoms with E-state index in [1.54, 1.807) is 18.4 Å². The van der Waals surface area contributed by atoms with Gasteiger partial charge >= 0.3 is 0 Å². The third kappa shape index (κ3) is 2.14. The first-order chi connectivity index (χ1) is 7.70. The molecule has 0 aliphatic rings. The second-order valence-electron chi connectivity index (χ2n) is 3.35. The van der Waals surface area contributed by atoms with Crippen molar-refractivity contribution in [1.82, 2.24) is 10.3 Å². The van der Waals surface area contributed by atoms with Crippen LogP contribution in [-0.2, 0) is 11.2 Å². The van der Waals surface area contributed by atoms with Crippen LogP contribution in [0.2, 0.25) is 0 Å². The maximum Gasteiger partial charge on any atom is 0.236 e. The number of hydrogen-bond acceptors (Lipinski definition) is 4. The molecule has 0 bridgehead atoms. The Balaban J connectivity index is 2.25. The summed E-state index contributed by atoms with van der Waals surface area (Å²) in [5.41, 5.74) is 0.697. The second kappa shape index (κ2) is 4.49. The highest BCUT2D eigenvalue weighted by Crippen LogP contribution is 2.25. The SMILES string of the molecule is CNC(=O)Cc1nc(-c2cccs2)oc1C. The third-order valence-electron chi connectivity index (χ3n) is 2.23. The van der Waals surface area contributed by atoms with E-state index in [2.05, 4.69) is 10.3 Å². The van der Waals surface area contributed by atoms with E-state index in [4.69, 9.17) is 4.42 Å². The molecule has 2 rings (SSSR count). The number of hydrogen-bond donors (Lipinski definition) is 1. The fraction of sp³-hybridized carbons (Fsp3) is 0.273. The molecule has 4 nitrogen and oxygen atoms in total. The van der Waals surface area contributed by atoms with E-state index < -0.39 is 0 Å². The van der Waals surface area contributed by atoms with Crippen molar-refractivity contribution in [3.63, 3.8) is 0 Å². The molecule has 0 atom stereocenters. The average molecular weight is 236 g/mol. The summed E-state index contributed by atoms with van der Waals surface area (Å²) in [5, 5.41) is 4.53. The summed E-state index contributed by atoms with van der Waals surface area (Å²) in [5.74, 6) is 1.23. The molecule has 2 heterocycles. The lowest BCUT2D eigenvalue weighted by Crippen LogP contribution is -2.20. The monoisotopic (exact) mass is 236 g/mol. The molecular weight excluding hydrogens is 224 g/mol. The number of rotatable bonds is 3. The lowest BCUT2D eigenvalue weighted by atomic mass is 10.2. The predicted octanol–water partition coefficient (Wildman–Crippen LogP) is 2.00. The average Bonchev–Trinajstić information content (AvgIpc) is 2.88. The summed E-state index contributed by atoms with van der Waals surface area (Å²) in [4.78, 5) is 16.5. The van der Waals surface area contributed by atoms with Gasteiger partial charge in [-0.25, -0.2) is 4.98 Å². The van der Waals surface area contributed by atoms with Gasteiger partial charge in [-0.2, -0.15) is 0 Å². The molecule has 0 saturated carbocycles. The van der Waals surface area contributed by atoms with Crippen LogP contribution in [0, 0.1) is 6.92 Å². The topological polar surface area (TPSA) is 55.1 Å². The Morgan fingerprint density at radius 3 is 3.06 bits per heavy atom. The Kier molecular flexibility index (Phi) is 3.05. The number of likely N-dealkylation sites (N-methyl/N-ethyl adjacent to an activating group) is 1. The van der Waals surface area contributed by atoms with Crippen LogP contribution in [0.3, 0.4) is 0 Å². The van der Waals surface area contributed by atoms with Crippen molar-refractivity contribution < 1.29 is 9.21 Å². The molecule has 1 amide bonds. The molecule has 0 aliphatic carbocycles. The summed E-state index contributed by atoms with van der Waals surface area (Å²) in [6, 6.07) is 3.89. The van der Waals surface area contributed by atoms with Crippen LogP contribution >= 0.6 is 11.3 Å². The molecule has 0 saturated heterocycles. The van der Waals surface area contributed by atoms with Crippen molar-refractivity contribution in [1.29, 1.82) is 0 Å². The van der Waals surface area contributed by atoms with Gasteiger partial charge in [0.1, 0.15) is 5.76 Å². The number of amides is 1. The normalized spacial score (nSPS) is 10.4. The number of oxazole rings is 1. The second-order valence-corrected chi connectivity index (χ2v) is 4.30. The van der Waals surface area contributed by atoms with Gasteiger partial charge in [0.05, 0.1) is 17.0 Å². The molecule has 0 unspecified atom stereocenters. The van der Waals surface area contributed by atoms with Crippen molar-refractivity contribution in [3.8, 4) is 10.8 Å². The van der Waals surface area contributed by atoms with Gasteiger partial charge in [-0.3, -0.25) is 4.79 Å². The van der Waals surface area contributed by atoms with Crippen LogP contribution in [-0.4, -0.2) is 17.9 Å². The fourth-order valence-electron chi connectivity index (χ4n) is 1.34. The Hall–Kier alpha value is -1.62. The summed E-state index contributed by atoms with van der Waals surface area (Å²) >= 11 is 1.57. The molecule has 0 aliphatic heterocycles. The van der Waals surface area contributed by atoms with E-state index in [1.807, 2.05) is 24.4 Å².